The fourth-order valence-electron chi connectivity index (χ4n) is 2.40. The second-order valence-corrected chi connectivity index (χ2v) is 6.40. The summed E-state index contributed by atoms with van der Waals surface area (Å²) in [6.45, 7) is 8.42. The summed E-state index contributed by atoms with van der Waals surface area (Å²) in [5.41, 5.74) is 2.51. The number of rotatable bonds is 9. The number of hydrogen-bond acceptors (Lipinski definition) is 3. The van der Waals surface area contributed by atoms with E-state index in [1.165, 1.54) is 36.9 Å². The van der Waals surface area contributed by atoms with Crippen LogP contribution in [0, 0.1) is 0 Å². The van der Waals surface area contributed by atoms with Crippen LogP contribution in [0.2, 0.25) is 0 Å². The normalized spacial score (nSPS) is 14.5. The first-order chi connectivity index (χ1) is 10.1. The number of benzene rings is 1. The zero-order chi connectivity index (χ0) is 15.2. The van der Waals surface area contributed by atoms with E-state index in [-0.39, 0.29) is 6.10 Å². The van der Waals surface area contributed by atoms with Crippen molar-refractivity contribution >= 4 is 5.69 Å². The van der Waals surface area contributed by atoms with E-state index < -0.39 is 0 Å². The van der Waals surface area contributed by atoms with Crippen LogP contribution in [0.15, 0.2) is 18.2 Å². The summed E-state index contributed by atoms with van der Waals surface area (Å²) in [5.74, 6) is 1.01. The Kier molecular flexibility index (Phi) is 5.92. The van der Waals surface area contributed by atoms with Crippen LogP contribution in [-0.4, -0.2) is 25.7 Å². The molecule has 0 aliphatic heterocycles. The molecule has 0 heterocycles. The second-order valence-electron chi connectivity index (χ2n) is 6.40. The van der Waals surface area contributed by atoms with Gasteiger partial charge in [0.15, 0.2) is 0 Å². The van der Waals surface area contributed by atoms with E-state index in [0.29, 0.717) is 0 Å². The van der Waals surface area contributed by atoms with Gasteiger partial charge in [0.05, 0.1) is 11.8 Å². The molecule has 1 aromatic carbocycles. The third kappa shape index (κ3) is 5.24. The maximum atomic E-state index is 6.04. The van der Waals surface area contributed by atoms with Gasteiger partial charge >= 0.3 is 0 Å². The van der Waals surface area contributed by atoms with Gasteiger partial charge in [0, 0.05) is 26.2 Å². The van der Waals surface area contributed by atoms with Crippen molar-refractivity contribution < 1.29 is 4.74 Å². The predicted octanol–water partition coefficient (Wildman–Crippen LogP) is 3.96. The van der Waals surface area contributed by atoms with Crippen LogP contribution >= 0.6 is 0 Å². The monoisotopic (exact) mass is 290 g/mol. The molecule has 2 rings (SSSR count). The van der Waals surface area contributed by atoms with Crippen molar-refractivity contribution in [1.82, 2.24) is 5.32 Å². The van der Waals surface area contributed by atoms with Crippen LogP contribution in [-0.2, 0) is 6.54 Å². The smallest absolute Gasteiger partial charge is 0.143 e. The number of nitrogens with one attached hydrogen (secondary N) is 1. The average molecular weight is 290 g/mol. The third-order valence-electron chi connectivity index (χ3n) is 3.82. The zero-order valence-electron chi connectivity index (χ0n) is 14.0. The zero-order valence-corrected chi connectivity index (χ0v) is 14.0. The Balaban J connectivity index is 2.09. The Morgan fingerprint density at radius 2 is 2.10 bits per heavy atom. The van der Waals surface area contributed by atoms with E-state index in [9.17, 15) is 0 Å². The van der Waals surface area contributed by atoms with Crippen LogP contribution in [0.1, 0.15) is 52.0 Å². The minimum absolute atomic E-state index is 0.204. The molecule has 0 spiro atoms. The summed E-state index contributed by atoms with van der Waals surface area (Å²) >= 11 is 0. The molecule has 1 saturated carbocycles. The first-order valence-electron chi connectivity index (χ1n) is 8.34. The lowest BCUT2D eigenvalue weighted by atomic mass is 10.1. The van der Waals surface area contributed by atoms with Gasteiger partial charge < -0.3 is 15.0 Å². The predicted molar refractivity (Wildman–Crippen MR) is 90.2 cm³/mol. The SMILES string of the molecule is CCCCN(C)c1ccc(CNC2CC2)cc1OC(C)C. The molecule has 118 valence electrons. The van der Waals surface area contributed by atoms with Gasteiger partial charge in [-0.3, -0.25) is 0 Å². The van der Waals surface area contributed by atoms with Crippen LogP contribution in [0.4, 0.5) is 5.69 Å². The van der Waals surface area contributed by atoms with Gasteiger partial charge in [0.2, 0.25) is 0 Å². The summed E-state index contributed by atoms with van der Waals surface area (Å²) in [5, 5.41) is 3.57. The van der Waals surface area contributed by atoms with Gasteiger partial charge in [-0.05, 0) is 50.8 Å². The lowest BCUT2D eigenvalue weighted by Crippen LogP contribution is -2.21. The molecule has 0 saturated heterocycles. The highest BCUT2D eigenvalue weighted by atomic mass is 16.5. The Hall–Kier alpha value is -1.22. The van der Waals surface area contributed by atoms with Crippen molar-refractivity contribution in [2.45, 2.75) is 65.1 Å². The second kappa shape index (κ2) is 7.69. The summed E-state index contributed by atoms with van der Waals surface area (Å²) in [7, 11) is 2.15. The molecule has 3 heteroatoms. The Morgan fingerprint density at radius 3 is 2.71 bits per heavy atom. The highest BCUT2D eigenvalue weighted by Crippen LogP contribution is 2.30. The maximum Gasteiger partial charge on any atom is 0.143 e. The van der Waals surface area contributed by atoms with Crippen molar-refractivity contribution in [2.24, 2.45) is 0 Å². The van der Waals surface area contributed by atoms with E-state index in [4.69, 9.17) is 4.74 Å². The van der Waals surface area contributed by atoms with Gasteiger partial charge in [-0.15, -0.1) is 0 Å². The summed E-state index contributed by atoms with van der Waals surface area (Å²) in [4.78, 5) is 2.30. The summed E-state index contributed by atoms with van der Waals surface area (Å²) in [6, 6.07) is 7.37. The topological polar surface area (TPSA) is 24.5 Å². The number of ether oxygens (including phenoxy) is 1. The molecule has 1 aliphatic rings. The van der Waals surface area contributed by atoms with Gasteiger partial charge in [-0.25, -0.2) is 0 Å². The van der Waals surface area contributed by atoms with Gasteiger partial charge in [-0.1, -0.05) is 19.4 Å². The molecule has 0 unspecified atom stereocenters. The van der Waals surface area contributed by atoms with Gasteiger partial charge in [-0.2, -0.15) is 0 Å². The standard InChI is InChI=1S/C18H30N2O/c1-5-6-11-20(4)17-10-7-15(13-19-16-8-9-16)12-18(17)21-14(2)3/h7,10,12,14,16,19H,5-6,8-9,11,13H2,1-4H3. The summed E-state index contributed by atoms with van der Waals surface area (Å²) in [6.07, 6.45) is 5.28. The number of nitrogens with zero attached hydrogens (tertiary/aromatic N) is 1. The fourth-order valence-corrected chi connectivity index (χ4v) is 2.40. The van der Waals surface area contributed by atoms with Crippen molar-refractivity contribution in [2.75, 3.05) is 18.5 Å². The number of hydrogen-bond donors (Lipinski definition) is 1. The van der Waals surface area contributed by atoms with E-state index in [2.05, 4.69) is 56.2 Å². The minimum Gasteiger partial charge on any atom is -0.489 e. The molecule has 21 heavy (non-hydrogen) atoms. The van der Waals surface area contributed by atoms with E-state index in [1.54, 1.807) is 0 Å². The van der Waals surface area contributed by atoms with Crippen molar-refractivity contribution in [3.8, 4) is 5.75 Å². The molecule has 1 N–H and O–H groups in total. The molecular formula is C18H30N2O. The third-order valence-corrected chi connectivity index (χ3v) is 3.82. The highest BCUT2D eigenvalue weighted by Gasteiger charge is 2.20. The molecular weight excluding hydrogens is 260 g/mol. The van der Waals surface area contributed by atoms with E-state index in [0.717, 1.165) is 24.9 Å². The first-order valence-corrected chi connectivity index (χ1v) is 8.34. The molecule has 1 aliphatic carbocycles. The van der Waals surface area contributed by atoms with Gasteiger partial charge in [0.1, 0.15) is 5.75 Å². The largest absolute Gasteiger partial charge is 0.489 e. The number of unbranched alkanes of at least 4 members (excludes halogenated alkanes) is 1. The molecule has 1 aromatic rings. The minimum atomic E-state index is 0.204. The average Bonchev–Trinajstić information content (AvgIpc) is 3.26. The lowest BCUT2D eigenvalue weighted by molar-refractivity contribution is 0.242. The van der Waals surface area contributed by atoms with Crippen molar-refractivity contribution in [3.05, 3.63) is 23.8 Å². The number of anilines is 1. The first kappa shape index (κ1) is 16.2. The molecule has 0 amide bonds. The van der Waals surface area contributed by atoms with E-state index in [1.807, 2.05) is 0 Å². The molecule has 0 aromatic heterocycles. The lowest BCUT2D eigenvalue weighted by Gasteiger charge is -2.24. The molecule has 1 fully saturated rings. The quantitative estimate of drug-likeness (QED) is 0.745. The van der Waals surface area contributed by atoms with Crippen molar-refractivity contribution in [1.29, 1.82) is 0 Å². The van der Waals surface area contributed by atoms with E-state index >= 15 is 0 Å². The Morgan fingerprint density at radius 1 is 1.33 bits per heavy atom. The highest BCUT2D eigenvalue weighted by molar-refractivity contribution is 5.59. The van der Waals surface area contributed by atoms with Crippen LogP contribution in [0.3, 0.4) is 0 Å². The summed E-state index contributed by atoms with van der Waals surface area (Å²) < 4.78 is 6.04. The van der Waals surface area contributed by atoms with Crippen LogP contribution in [0.5, 0.6) is 5.75 Å². The molecule has 0 radical (unpaired) electrons. The van der Waals surface area contributed by atoms with Crippen LogP contribution in [0.25, 0.3) is 0 Å². The fraction of sp³-hybridized carbons (Fsp3) is 0.667. The van der Waals surface area contributed by atoms with Gasteiger partial charge in [0.25, 0.3) is 0 Å². The van der Waals surface area contributed by atoms with Crippen molar-refractivity contribution in [3.63, 3.8) is 0 Å². The molecule has 3 nitrogen and oxygen atoms in total. The molecule has 0 bridgehead atoms. The molecule has 0 atom stereocenters. The Bertz CT molecular complexity index is 441. The maximum absolute atomic E-state index is 6.04. The van der Waals surface area contributed by atoms with Crippen LogP contribution < -0.4 is 15.0 Å². The Labute approximate surface area is 129 Å².